The van der Waals surface area contributed by atoms with Gasteiger partial charge in [-0.1, -0.05) is 23.8 Å². The van der Waals surface area contributed by atoms with Crippen LogP contribution in [0.3, 0.4) is 0 Å². The molecule has 15 heavy (non-hydrogen) atoms. The first-order valence-corrected chi connectivity index (χ1v) is 4.91. The Balaban J connectivity index is 2.49. The molecule has 1 N–H and O–H groups in total. The average molecular weight is 202 g/mol. The second-order valence-electron chi connectivity index (χ2n) is 3.66. The monoisotopic (exact) mass is 202 g/mol. The Morgan fingerprint density at radius 1 is 1.40 bits per heavy atom. The van der Waals surface area contributed by atoms with E-state index in [0.29, 0.717) is 0 Å². The summed E-state index contributed by atoms with van der Waals surface area (Å²) in [5, 5.41) is 9.07. The van der Waals surface area contributed by atoms with Crippen molar-refractivity contribution in [2.75, 3.05) is 0 Å². The average Bonchev–Trinajstić information content (AvgIpc) is 2.59. The maximum Gasteiger partial charge on any atom is 0.139 e. The fourth-order valence-electron chi connectivity index (χ4n) is 1.64. The molecule has 0 aliphatic carbocycles. The van der Waals surface area contributed by atoms with Crippen LogP contribution < -0.4 is 0 Å². The SMILES string of the molecule is Cc1cccc(-c2ncc(CO)n2C)c1. The van der Waals surface area contributed by atoms with Gasteiger partial charge in [0.25, 0.3) is 0 Å². The van der Waals surface area contributed by atoms with Crippen molar-refractivity contribution < 1.29 is 5.11 Å². The number of imidazole rings is 1. The van der Waals surface area contributed by atoms with Crippen LogP contribution in [0.1, 0.15) is 11.3 Å². The van der Waals surface area contributed by atoms with Crippen LogP contribution in [0.5, 0.6) is 0 Å². The van der Waals surface area contributed by atoms with E-state index in [9.17, 15) is 0 Å². The van der Waals surface area contributed by atoms with Crippen molar-refractivity contribution in [1.29, 1.82) is 0 Å². The minimum absolute atomic E-state index is 0.0231. The van der Waals surface area contributed by atoms with Crippen LogP contribution in [0.25, 0.3) is 11.4 Å². The van der Waals surface area contributed by atoms with Crippen LogP contribution in [0.15, 0.2) is 30.5 Å². The number of hydrogen-bond acceptors (Lipinski definition) is 2. The summed E-state index contributed by atoms with van der Waals surface area (Å²) < 4.78 is 1.91. The topological polar surface area (TPSA) is 38.1 Å². The minimum atomic E-state index is 0.0231. The molecule has 0 radical (unpaired) electrons. The van der Waals surface area contributed by atoms with Gasteiger partial charge in [-0.05, 0) is 13.0 Å². The zero-order valence-corrected chi connectivity index (χ0v) is 8.94. The summed E-state index contributed by atoms with van der Waals surface area (Å²) in [7, 11) is 1.91. The minimum Gasteiger partial charge on any atom is -0.390 e. The van der Waals surface area contributed by atoms with E-state index >= 15 is 0 Å². The van der Waals surface area contributed by atoms with Crippen molar-refractivity contribution in [2.45, 2.75) is 13.5 Å². The van der Waals surface area contributed by atoms with E-state index in [1.54, 1.807) is 6.20 Å². The van der Waals surface area contributed by atoms with E-state index in [0.717, 1.165) is 17.1 Å². The van der Waals surface area contributed by atoms with Crippen molar-refractivity contribution in [3.8, 4) is 11.4 Å². The van der Waals surface area contributed by atoms with E-state index in [1.165, 1.54) is 5.56 Å². The Kier molecular flexibility index (Phi) is 2.56. The predicted molar refractivity (Wildman–Crippen MR) is 59.3 cm³/mol. The summed E-state index contributed by atoms with van der Waals surface area (Å²) in [5.41, 5.74) is 3.12. The highest BCUT2D eigenvalue weighted by molar-refractivity contribution is 5.57. The predicted octanol–water partition coefficient (Wildman–Crippen LogP) is 1.89. The number of aryl methyl sites for hydroxylation is 1. The third kappa shape index (κ3) is 1.78. The molecule has 0 fully saturated rings. The standard InChI is InChI=1S/C12H14N2O/c1-9-4-3-5-10(6-9)12-13-7-11(8-15)14(12)2/h3-7,15H,8H2,1-2H3. The quantitative estimate of drug-likeness (QED) is 0.807. The molecule has 78 valence electrons. The summed E-state index contributed by atoms with van der Waals surface area (Å²) in [6, 6.07) is 8.18. The van der Waals surface area contributed by atoms with Gasteiger partial charge in [0.2, 0.25) is 0 Å². The fraction of sp³-hybridized carbons (Fsp3) is 0.250. The molecule has 1 heterocycles. The number of hydrogen-bond donors (Lipinski definition) is 1. The van der Waals surface area contributed by atoms with Crippen molar-refractivity contribution >= 4 is 0 Å². The fourth-order valence-corrected chi connectivity index (χ4v) is 1.64. The Hall–Kier alpha value is -1.61. The van der Waals surface area contributed by atoms with Crippen LogP contribution in [0.4, 0.5) is 0 Å². The van der Waals surface area contributed by atoms with Gasteiger partial charge >= 0.3 is 0 Å². The van der Waals surface area contributed by atoms with E-state index in [-0.39, 0.29) is 6.61 Å². The third-order valence-corrected chi connectivity index (χ3v) is 2.52. The number of aromatic nitrogens is 2. The number of nitrogens with zero attached hydrogens (tertiary/aromatic N) is 2. The molecule has 0 aliphatic rings. The molecule has 0 saturated carbocycles. The Morgan fingerprint density at radius 2 is 2.20 bits per heavy atom. The zero-order chi connectivity index (χ0) is 10.8. The molecule has 3 nitrogen and oxygen atoms in total. The first kappa shape index (κ1) is 9.93. The molecule has 0 bridgehead atoms. The second-order valence-corrected chi connectivity index (χ2v) is 3.66. The molecule has 1 aromatic carbocycles. The molecular formula is C12H14N2O. The van der Waals surface area contributed by atoms with Crippen LogP contribution in [-0.4, -0.2) is 14.7 Å². The normalized spacial score (nSPS) is 10.6. The van der Waals surface area contributed by atoms with Gasteiger partial charge in [-0.15, -0.1) is 0 Å². The number of rotatable bonds is 2. The third-order valence-electron chi connectivity index (χ3n) is 2.52. The van der Waals surface area contributed by atoms with Crippen molar-refractivity contribution in [3.63, 3.8) is 0 Å². The molecular weight excluding hydrogens is 188 g/mol. The van der Waals surface area contributed by atoms with Crippen molar-refractivity contribution in [2.24, 2.45) is 7.05 Å². The molecule has 0 unspecified atom stereocenters. The van der Waals surface area contributed by atoms with Crippen molar-refractivity contribution in [1.82, 2.24) is 9.55 Å². The summed E-state index contributed by atoms with van der Waals surface area (Å²) >= 11 is 0. The Labute approximate surface area is 89.0 Å². The van der Waals surface area contributed by atoms with Gasteiger partial charge in [0, 0.05) is 12.6 Å². The van der Waals surface area contributed by atoms with Gasteiger partial charge in [-0.25, -0.2) is 4.98 Å². The number of benzene rings is 1. The van der Waals surface area contributed by atoms with Gasteiger partial charge in [0.1, 0.15) is 5.82 Å². The molecule has 0 atom stereocenters. The maximum absolute atomic E-state index is 9.07. The molecule has 0 spiro atoms. The molecule has 2 aromatic rings. The molecule has 0 aliphatic heterocycles. The lowest BCUT2D eigenvalue weighted by Crippen LogP contribution is -1.98. The lowest BCUT2D eigenvalue weighted by molar-refractivity contribution is 0.273. The maximum atomic E-state index is 9.07. The van der Waals surface area contributed by atoms with Gasteiger partial charge < -0.3 is 9.67 Å². The molecule has 1 aromatic heterocycles. The van der Waals surface area contributed by atoms with Crippen LogP contribution in [0.2, 0.25) is 0 Å². The van der Waals surface area contributed by atoms with E-state index in [1.807, 2.05) is 23.7 Å². The molecule has 0 amide bonds. The summed E-state index contributed by atoms with van der Waals surface area (Å²) in [4.78, 5) is 4.30. The summed E-state index contributed by atoms with van der Waals surface area (Å²) in [6.45, 7) is 2.08. The first-order valence-electron chi connectivity index (χ1n) is 4.91. The van der Waals surface area contributed by atoms with Gasteiger partial charge in [0.15, 0.2) is 0 Å². The Bertz CT molecular complexity index is 474. The zero-order valence-electron chi connectivity index (χ0n) is 8.94. The highest BCUT2D eigenvalue weighted by Gasteiger charge is 2.07. The highest BCUT2D eigenvalue weighted by Crippen LogP contribution is 2.19. The largest absolute Gasteiger partial charge is 0.390 e. The van der Waals surface area contributed by atoms with Gasteiger partial charge in [0.05, 0.1) is 18.5 Å². The Morgan fingerprint density at radius 3 is 2.80 bits per heavy atom. The number of aliphatic hydroxyl groups excluding tert-OH is 1. The number of aliphatic hydroxyl groups is 1. The summed E-state index contributed by atoms with van der Waals surface area (Å²) in [5.74, 6) is 0.891. The van der Waals surface area contributed by atoms with Crippen molar-refractivity contribution in [3.05, 3.63) is 41.7 Å². The lowest BCUT2D eigenvalue weighted by Gasteiger charge is -2.04. The molecule has 3 heteroatoms. The van der Waals surface area contributed by atoms with Crippen LogP contribution in [0, 0.1) is 6.92 Å². The molecule has 2 rings (SSSR count). The second kappa shape index (κ2) is 3.87. The lowest BCUT2D eigenvalue weighted by atomic mass is 10.1. The van der Waals surface area contributed by atoms with E-state index in [4.69, 9.17) is 5.11 Å². The van der Waals surface area contributed by atoms with E-state index in [2.05, 4.69) is 24.0 Å². The van der Waals surface area contributed by atoms with Gasteiger partial charge in [-0.2, -0.15) is 0 Å². The van der Waals surface area contributed by atoms with Crippen LogP contribution >= 0.6 is 0 Å². The van der Waals surface area contributed by atoms with Crippen LogP contribution in [-0.2, 0) is 13.7 Å². The molecule has 0 saturated heterocycles. The first-order chi connectivity index (χ1) is 7.22. The van der Waals surface area contributed by atoms with E-state index < -0.39 is 0 Å². The summed E-state index contributed by atoms with van der Waals surface area (Å²) in [6.07, 6.45) is 1.71. The highest BCUT2D eigenvalue weighted by atomic mass is 16.3. The van der Waals surface area contributed by atoms with Gasteiger partial charge in [-0.3, -0.25) is 0 Å². The smallest absolute Gasteiger partial charge is 0.139 e.